The minimum atomic E-state index is -0.469. The molecule has 1 heterocycles. The van der Waals surface area contributed by atoms with Crippen LogP contribution in [0.4, 0.5) is 0 Å². The van der Waals surface area contributed by atoms with Crippen LogP contribution in [0.3, 0.4) is 0 Å². The van der Waals surface area contributed by atoms with Crippen LogP contribution in [-0.2, 0) is 22.7 Å². The molecule has 0 N–H and O–H groups in total. The monoisotopic (exact) mass is 695 g/mol. The fourth-order valence-electron chi connectivity index (χ4n) is 7.80. The van der Waals surface area contributed by atoms with Gasteiger partial charge in [0.05, 0.1) is 11.1 Å². The molecule has 0 radical (unpaired) electrons. The van der Waals surface area contributed by atoms with E-state index in [2.05, 4.69) is 105 Å². The molecular weight excluding hydrogens is 650 g/mol. The van der Waals surface area contributed by atoms with Gasteiger partial charge < -0.3 is 14.4 Å². The minimum Gasteiger partial charge on any atom is -0.490 e. The first-order valence-electron chi connectivity index (χ1n) is 16.8. The second kappa shape index (κ2) is 12.8. The lowest BCUT2D eigenvalue weighted by Gasteiger charge is -2.49. The third-order valence-electron chi connectivity index (χ3n) is 9.54. The second-order valence-electron chi connectivity index (χ2n) is 15.2. The van der Waals surface area contributed by atoms with Crippen molar-refractivity contribution in [2.75, 3.05) is 6.61 Å². The van der Waals surface area contributed by atoms with E-state index in [1.54, 1.807) is 0 Å². The lowest BCUT2D eigenvalue weighted by atomic mass is 9.63. The molecule has 0 unspecified atom stereocenters. The fraction of sp³-hybridized carbons (Fsp3) is 0.415. The molecule has 0 fully saturated rings. The number of benzene rings is 3. The number of hydrogen-bond acceptors (Lipinski definition) is 5. The Kier molecular flexibility index (Phi) is 9.03. The zero-order valence-electron chi connectivity index (χ0n) is 28.8. The molecule has 3 aromatic rings. The standard InChI is InChI=1S/C41H46BrNO4/c1-8-46-35-18-29(17-30(42)39(35)47-24-28-15-25(2)14-26(3)16-28)36-37-31(19-40(4,5)21-33(37)44)43(23-27-12-10-9-11-13-27)32-20-41(6,7)22-34(45)38(32)36/h9-18,36H,8,19-24H2,1-7H3. The van der Waals surface area contributed by atoms with E-state index < -0.39 is 5.92 Å². The number of rotatable bonds is 8. The van der Waals surface area contributed by atoms with E-state index in [4.69, 9.17) is 9.47 Å². The van der Waals surface area contributed by atoms with Gasteiger partial charge in [-0.05, 0) is 89.2 Å². The largest absolute Gasteiger partial charge is 0.490 e. The molecule has 1 aliphatic heterocycles. The quantitative estimate of drug-likeness (QED) is 0.235. The number of aryl methyl sites for hydroxylation is 2. The van der Waals surface area contributed by atoms with Crippen LogP contribution in [-0.4, -0.2) is 23.1 Å². The third kappa shape index (κ3) is 6.85. The van der Waals surface area contributed by atoms with Gasteiger partial charge in [0.25, 0.3) is 0 Å². The molecule has 3 aromatic carbocycles. The molecule has 0 spiro atoms. The van der Waals surface area contributed by atoms with Crippen molar-refractivity contribution in [2.45, 2.75) is 93.2 Å². The fourth-order valence-corrected chi connectivity index (χ4v) is 8.38. The first-order valence-corrected chi connectivity index (χ1v) is 17.5. The van der Waals surface area contributed by atoms with Crippen LogP contribution >= 0.6 is 15.9 Å². The molecule has 3 aliphatic rings. The van der Waals surface area contributed by atoms with Crippen LogP contribution in [0.1, 0.15) is 94.0 Å². The average Bonchev–Trinajstić information content (AvgIpc) is 2.96. The Morgan fingerprint density at radius 3 is 1.89 bits per heavy atom. The summed E-state index contributed by atoms with van der Waals surface area (Å²) in [5.74, 6) is 0.986. The summed E-state index contributed by atoms with van der Waals surface area (Å²) >= 11 is 3.82. The minimum absolute atomic E-state index is 0.118. The zero-order valence-corrected chi connectivity index (χ0v) is 30.3. The van der Waals surface area contributed by atoms with E-state index in [9.17, 15) is 9.59 Å². The maximum absolute atomic E-state index is 14.3. The van der Waals surface area contributed by atoms with Gasteiger partial charge in [0.1, 0.15) is 6.61 Å². The SMILES string of the molecule is CCOc1cc(C2C3=C(CC(C)(C)CC3=O)N(Cc3ccccc3)C3=C2C(=O)CC(C)(C)C3)cc(Br)c1OCc1cc(C)cc(C)c1. The number of carbonyl (C=O) groups is 2. The summed E-state index contributed by atoms with van der Waals surface area (Å²) in [6, 6.07) is 20.8. The number of hydrogen-bond donors (Lipinski definition) is 0. The highest BCUT2D eigenvalue weighted by Gasteiger charge is 2.49. The molecule has 246 valence electrons. The molecule has 0 amide bonds. The highest BCUT2D eigenvalue weighted by molar-refractivity contribution is 9.10. The first kappa shape index (κ1) is 33.3. The Morgan fingerprint density at radius 2 is 1.34 bits per heavy atom. The van der Waals surface area contributed by atoms with Crippen molar-refractivity contribution >= 4 is 27.5 Å². The number of ether oxygens (including phenoxy) is 2. The molecule has 5 nitrogen and oxygen atoms in total. The number of Topliss-reactive ketones (excluding diaryl/α,β-unsaturated/α-hetero) is 2. The molecule has 0 aromatic heterocycles. The number of ketones is 2. The van der Waals surface area contributed by atoms with Crippen molar-refractivity contribution in [3.63, 3.8) is 0 Å². The molecule has 0 atom stereocenters. The summed E-state index contributed by atoms with van der Waals surface area (Å²) in [5, 5.41) is 0. The summed E-state index contributed by atoms with van der Waals surface area (Å²) < 4.78 is 13.4. The van der Waals surface area contributed by atoms with E-state index in [1.165, 1.54) is 11.1 Å². The van der Waals surface area contributed by atoms with Crippen LogP contribution in [0.2, 0.25) is 0 Å². The van der Waals surface area contributed by atoms with Gasteiger partial charge in [0.15, 0.2) is 23.1 Å². The van der Waals surface area contributed by atoms with Crippen molar-refractivity contribution in [3.05, 3.63) is 115 Å². The van der Waals surface area contributed by atoms with Crippen LogP contribution in [0.5, 0.6) is 11.5 Å². The van der Waals surface area contributed by atoms with Gasteiger partial charge >= 0.3 is 0 Å². The van der Waals surface area contributed by atoms with Gasteiger partial charge in [0.2, 0.25) is 0 Å². The number of nitrogens with zero attached hydrogens (tertiary/aromatic N) is 1. The van der Waals surface area contributed by atoms with Crippen molar-refractivity contribution < 1.29 is 19.1 Å². The molecular formula is C41H46BrNO4. The Hall–Kier alpha value is -3.64. The van der Waals surface area contributed by atoms with E-state index in [-0.39, 0.29) is 22.4 Å². The second-order valence-corrected chi connectivity index (χ2v) is 16.0. The summed E-state index contributed by atoms with van der Waals surface area (Å²) in [7, 11) is 0. The van der Waals surface area contributed by atoms with Crippen molar-refractivity contribution in [3.8, 4) is 11.5 Å². The van der Waals surface area contributed by atoms with Gasteiger partial charge in [0, 0.05) is 47.8 Å². The first-order chi connectivity index (χ1) is 22.2. The van der Waals surface area contributed by atoms with Crippen LogP contribution in [0, 0.1) is 24.7 Å². The molecule has 0 saturated carbocycles. The van der Waals surface area contributed by atoms with Crippen LogP contribution in [0.15, 0.2) is 87.7 Å². The number of carbonyl (C=O) groups excluding carboxylic acids is 2. The smallest absolute Gasteiger partial charge is 0.175 e. The molecule has 2 aliphatic carbocycles. The van der Waals surface area contributed by atoms with Crippen LogP contribution in [0.25, 0.3) is 0 Å². The van der Waals surface area contributed by atoms with E-state index in [0.717, 1.165) is 56.5 Å². The predicted molar refractivity (Wildman–Crippen MR) is 190 cm³/mol. The lowest BCUT2D eigenvalue weighted by molar-refractivity contribution is -0.119. The van der Waals surface area contributed by atoms with Crippen molar-refractivity contribution in [1.29, 1.82) is 0 Å². The van der Waals surface area contributed by atoms with Gasteiger partial charge in [-0.25, -0.2) is 0 Å². The normalized spacial score (nSPS) is 19.1. The topological polar surface area (TPSA) is 55.8 Å². The van der Waals surface area contributed by atoms with E-state index in [0.29, 0.717) is 44.1 Å². The summed E-state index contributed by atoms with van der Waals surface area (Å²) in [5.41, 5.74) is 8.73. The van der Waals surface area contributed by atoms with E-state index in [1.807, 2.05) is 25.1 Å². The average molecular weight is 697 g/mol. The lowest BCUT2D eigenvalue weighted by Crippen LogP contribution is -2.44. The summed E-state index contributed by atoms with van der Waals surface area (Å²) in [4.78, 5) is 31.0. The van der Waals surface area contributed by atoms with Gasteiger partial charge in [-0.2, -0.15) is 0 Å². The molecule has 6 heteroatoms. The zero-order chi connectivity index (χ0) is 33.7. The highest BCUT2D eigenvalue weighted by Crippen LogP contribution is 2.56. The molecule has 47 heavy (non-hydrogen) atoms. The number of allylic oxidation sites excluding steroid dienone is 4. The third-order valence-corrected chi connectivity index (χ3v) is 10.1. The predicted octanol–water partition coefficient (Wildman–Crippen LogP) is 9.93. The van der Waals surface area contributed by atoms with Crippen molar-refractivity contribution in [1.82, 2.24) is 4.90 Å². The summed E-state index contributed by atoms with van der Waals surface area (Å²) in [6.07, 6.45) is 2.42. The van der Waals surface area contributed by atoms with Gasteiger partial charge in [-0.15, -0.1) is 0 Å². The van der Waals surface area contributed by atoms with Crippen LogP contribution < -0.4 is 9.47 Å². The number of halogens is 1. The van der Waals surface area contributed by atoms with Crippen molar-refractivity contribution in [2.24, 2.45) is 10.8 Å². The van der Waals surface area contributed by atoms with Gasteiger partial charge in [-0.1, -0.05) is 87.4 Å². The maximum Gasteiger partial charge on any atom is 0.175 e. The molecule has 0 bridgehead atoms. The Balaban J connectivity index is 1.51. The van der Waals surface area contributed by atoms with E-state index >= 15 is 0 Å². The Bertz CT molecular complexity index is 1730. The Labute approximate surface area is 288 Å². The molecule has 0 saturated heterocycles. The highest BCUT2D eigenvalue weighted by atomic mass is 79.9. The summed E-state index contributed by atoms with van der Waals surface area (Å²) in [6.45, 7) is 16.3. The van der Waals surface area contributed by atoms with Gasteiger partial charge in [-0.3, -0.25) is 9.59 Å². The maximum atomic E-state index is 14.3. The Morgan fingerprint density at radius 1 is 0.766 bits per heavy atom. The molecule has 6 rings (SSSR count).